The predicted molar refractivity (Wildman–Crippen MR) is 97.0 cm³/mol. The Kier molecular flexibility index (Phi) is 5.05. The average molecular weight is 365 g/mol. The van der Waals surface area contributed by atoms with E-state index in [-0.39, 0.29) is 5.91 Å². The van der Waals surface area contributed by atoms with E-state index in [9.17, 15) is 4.79 Å². The summed E-state index contributed by atoms with van der Waals surface area (Å²) in [5, 5.41) is 4.11. The van der Waals surface area contributed by atoms with Gasteiger partial charge in [-0.1, -0.05) is 22.9 Å². The summed E-state index contributed by atoms with van der Waals surface area (Å²) in [7, 11) is 1.62. The number of amides is 1. The van der Waals surface area contributed by atoms with Crippen molar-refractivity contribution in [3.05, 3.63) is 47.5 Å². The molecule has 3 rings (SSSR count). The zero-order valence-electron chi connectivity index (χ0n) is 12.2. The number of anilines is 1. The lowest BCUT2D eigenvalue weighted by Gasteiger charge is -2.02. The molecular formula is C16H13ClN2O2S2. The van der Waals surface area contributed by atoms with E-state index in [1.54, 1.807) is 7.11 Å². The Morgan fingerprint density at radius 3 is 2.83 bits per heavy atom. The molecule has 0 saturated heterocycles. The van der Waals surface area contributed by atoms with Gasteiger partial charge in [0.05, 0.1) is 23.1 Å². The van der Waals surface area contributed by atoms with Gasteiger partial charge in [0.15, 0.2) is 5.13 Å². The maximum absolute atomic E-state index is 12.0. The summed E-state index contributed by atoms with van der Waals surface area (Å²) in [5.41, 5.74) is 0.844. The zero-order valence-corrected chi connectivity index (χ0v) is 14.6. The van der Waals surface area contributed by atoms with Gasteiger partial charge < -0.3 is 10.1 Å². The van der Waals surface area contributed by atoms with Crippen molar-refractivity contribution >= 4 is 56.0 Å². The number of hydrogen-bond donors (Lipinski definition) is 1. The Morgan fingerprint density at radius 2 is 2.09 bits per heavy atom. The van der Waals surface area contributed by atoms with Crippen molar-refractivity contribution in [2.75, 3.05) is 18.2 Å². The van der Waals surface area contributed by atoms with Crippen molar-refractivity contribution in [1.82, 2.24) is 4.98 Å². The molecule has 23 heavy (non-hydrogen) atoms. The molecule has 2 aromatic carbocycles. The second-order valence-corrected chi connectivity index (χ2v) is 7.16. The number of thioether (sulfide) groups is 1. The standard InChI is InChI=1S/C16H13ClN2O2S2/c1-21-11-4-7-13-14(8-11)23-16(18-13)19-15(20)9-22-12-5-2-10(17)3-6-12/h2-8H,9H2,1H3,(H,18,19,20). The molecule has 0 aliphatic heterocycles. The topological polar surface area (TPSA) is 51.2 Å². The first-order valence-electron chi connectivity index (χ1n) is 6.77. The largest absolute Gasteiger partial charge is 0.497 e. The van der Waals surface area contributed by atoms with Crippen molar-refractivity contribution in [1.29, 1.82) is 0 Å². The molecule has 0 aliphatic rings. The predicted octanol–water partition coefficient (Wildman–Crippen LogP) is 4.69. The highest BCUT2D eigenvalue weighted by molar-refractivity contribution is 8.00. The summed E-state index contributed by atoms with van der Waals surface area (Å²) in [6.07, 6.45) is 0. The van der Waals surface area contributed by atoms with E-state index >= 15 is 0 Å². The van der Waals surface area contributed by atoms with Crippen molar-refractivity contribution in [2.24, 2.45) is 0 Å². The molecule has 0 radical (unpaired) electrons. The van der Waals surface area contributed by atoms with Crippen LogP contribution < -0.4 is 10.1 Å². The molecular weight excluding hydrogens is 352 g/mol. The molecule has 1 heterocycles. The Labute approximate surface area is 146 Å². The van der Waals surface area contributed by atoms with E-state index in [0.29, 0.717) is 15.9 Å². The number of aromatic nitrogens is 1. The molecule has 0 aliphatic carbocycles. The molecule has 0 atom stereocenters. The maximum atomic E-state index is 12.0. The van der Waals surface area contributed by atoms with Crippen LogP contribution in [0.4, 0.5) is 5.13 Å². The van der Waals surface area contributed by atoms with Gasteiger partial charge >= 0.3 is 0 Å². The van der Waals surface area contributed by atoms with Crippen LogP contribution in [0.3, 0.4) is 0 Å². The first-order valence-corrected chi connectivity index (χ1v) is 8.95. The fraction of sp³-hybridized carbons (Fsp3) is 0.125. The molecule has 1 N–H and O–H groups in total. The van der Waals surface area contributed by atoms with Gasteiger partial charge in [-0.15, -0.1) is 11.8 Å². The van der Waals surface area contributed by atoms with Gasteiger partial charge in [-0.05, 0) is 42.5 Å². The summed E-state index contributed by atoms with van der Waals surface area (Å²) in [5.74, 6) is 1.01. The van der Waals surface area contributed by atoms with E-state index in [1.807, 2.05) is 42.5 Å². The fourth-order valence-electron chi connectivity index (χ4n) is 1.92. The summed E-state index contributed by atoms with van der Waals surface area (Å²) in [6.45, 7) is 0. The molecule has 0 saturated carbocycles. The van der Waals surface area contributed by atoms with Crippen LogP contribution in [0.15, 0.2) is 47.4 Å². The monoisotopic (exact) mass is 364 g/mol. The normalized spacial score (nSPS) is 10.7. The Balaban J connectivity index is 1.62. The molecule has 118 valence electrons. The number of rotatable bonds is 5. The highest BCUT2D eigenvalue weighted by Crippen LogP contribution is 2.29. The summed E-state index contributed by atoms with van der Waals surface area (Å²) < 4.78 is 6.16. The van der Waals surface area contributed by atoms with E-state index in [0.717, 1.165) is 20.9 Å². The van der Waals surface area contributed by atoms with Crippen LogP contribution in [0.5, 0.6) is 5.75 Å². The van der Waals surface area contributed by atoms with Crippen LogP contribution >= 0.6 is 34.7 Å². The second kappa shape index (κ2) is 7.21. The number of halogens is 1. The van der Waals surface area contributed by atoms with Crippen molar-refractivity contribution in [3.8, 4) is 5.75 Å². The van der Waals surface area contributed by atoms with Crippen LogP contribution in [0.25, 0.3) is 10.2 Å². The number of benzene rings is 2. The van der Waals surface area contributed by atoms with Gasteiger partial charge in [-0.3, -0.25) is 4.79 Å². The molecule has 0 spiro atoms. The average Bonchev–Trinajstić information content (AvgIpc) is 2.95. The molecule has 7 heteroatoms. The van der Waals surface area contributed by atoms with Crippen LogP contribution in [0.2, 0.25) is 5.02 Å². The number of carbonyl (C=O) groups is 1. The maximum Gasteiger partial charge on any atom is 0.236 e. The van der Waals surface area contributed by atoms with Crippen LogP contribution in [-0.2, 0) is 4.79 Å². The van der Waals surface area contributed by atoms with Gasteiger partial charge in [0.25, 0.3) is 0 Å². The van der Waals surface area contributed by atoms with E-state index in [4.69, 9.17) is 16.3 Å². The highest BCUT2D eigenvalue weighted by Gasteiger charge is 2.09. The van der Waals surface area contributed by atoms with Gasteiger partial charge in [0, 0.05) is 9.92 Å². The van der Waals surface area contributed by atoms with Crippen molar-refractivity contribution in [3.63, 3.8) is 0 Å². The first-order chi connectivity index (χ1) is 11.1. The molecule has 1 aromatic heterocycles. The molecule has 0 bridgehead atoms. The zero-order chi connectivity index (χ0) is 16.2. The third-order valence-electron chi connectivity index (χ3n) is 3.03. The number of nitrogens with zero attached hydrogens (tertiary/aromatic N) is 1. The Bertz CT molecular complexity index is 834. The first kappa shape index (κ1) is 16.1. The van der Waals surface area contributed by atoms with E-state index in [2.05, 4.69) is 10.3 Å². The fourth-order valence-corrected chi connectivity index (χ4v) is 3.66. The van der Waals surface area contributed by atoms with Crippen LogP contribution in [-0.4, -0.2) is 23.8 Å². The molecule has 1 amide bonds. The van der Waals surface area contributed by atoms with Gasteiger partial charge in [0.2, 0.25) is 5.91 Å². The minimum Gasteiger partial charge on any atom is -0.497 e. The lowest BCUT2D eigenvalue weighted by Crippen LogP contribution is -2.13. The van der Waals surface area contributed by atoms with Crippen LogP contribution in [0, 0.1) is 0 Å². The summed E-state index contributed by atoms with van der Waals surface area (Å²) in [6, 6.07) is 13.0. The molecule has 0 fully saturated rings. The summed E-state index contributed by atoms with van der Waals surface area (Å²) in [4.78, 5) is 17.4. The minimum absolute atomic E-state index is 0.0871. The third kappa shape index (κ3) is 4.16. The van der Waals surface area contributed by atoms with E-state index in [1.165, 1.54) is 23.1 Å². The van der Waals surface area contributed by atoms with E-state index < -0.39 is 0 Å². The quantitative estimate of drug-likeness (QED) is 0.667. The summed E-state index contributed by atoms with van der Waals surface area (Å²) >= 11 is 8.72. The van der Waals surface area contributed by atoms with Crippen LogP contribution in [0.1, 0.15) is 0 Å². The number of carbonyl (C=O) groups excluding carboxylic acids is 1. The third-order valence-corrected chi connectivity index (χ3v) is 5.22. The van der Waals surface area contributed by atoms with Crippen molar-refractivity contribution < 1.29 is 9.53 Å². The van der Waals surface area contributed by atoms with Gasteiger partial charge in [-0.2, -0.15) is 0 Å². The Morgan fingerprint density at radius 1 is 1.30 bits per heavy atom. The molecule has 0 unspecified atom stereocenters. The SMILES string of the molecule is COc1ccc2nc(NC(=O)CSc3ccc(Cl)cc3)sc2c1. The number of thiazole rings is 1. The van der Waals surface area contributed by atoms with Gasteiger partial charge in [-0.25, -0.2) is 4.98 Å². The number of fused-ring (bicyclic) bond motifs is 1. The second-order valence-electron chi connectivity index (χ2n) is 4.64. The van der Waals surface area contributed by atoms with Crippen molar-refractivity contribution in [2.45, 2.75) is 4.90 Å². The minimum atomic E-state index is -0.0871. The Hall–Kier alpha value is -1.76. The number of nitrogens with one attached hydrogen (secondary N) is 1. The highest BCUT2D eigenvalue weighted by atomic mass is 35.5. The number of ether oxygens (including phenoxy) is 1. The smallest absolute Gasteiger partial charge is 0.236 e. The van der Waals surface area contributed by atoms with Gasteiger partial charge in [0.1, 0.15) is 5.75 Å². The molecule has 4 nitrogen and oxygen atoms in total. The number of methoxy groups -OCH3 is 1. The molecule has 3 aromatic rings. The lowest BCUT2D eigenvalue weighted by molar-refractivity contribution is -0.113. The number of hydrogen-bond acceptors (Lipinski definition) is 5. The lowest BCUT2D eigenvalue weighted by atomic mass is 10.3.